The number of aromatic nitrogens is 2. The second kappa shape index (κ2) is 7.90. The Kier molecular flexibility index (Phi) is 5.40. The fourth-order valence-electron chi connectivity index (χ4n) is 2.31. The minimum Gasteiger partial charge on any atom is -0.350 e. The van der Waals surface area contributed by atoms with E-state index in [9.17, 15) is 4.79 Å². The van der Waals surface area contributed by atoms with Crippen molar-refractivity contribution in [3.8, 4) is 0 Å². The minimum absolute atomic E-state index is 0.278. The van der Waals surface area contributed by atoms with Gasteiger partial charge in [0.1, 0.15) is 5.69 Å². The summed E-state index contributed by atoms with van der Waals surface area (Å²) in [7, 11) is 0. The lowest BCUT2D eigenvalue weighted by molar-refractivity contribution is 0.102. The van der Waals surface area contributed by atoms with E-state index in [0.29, 0.717) is 23.9 Å². The first-order valence-electron chi connectivity index (χ1n) is 7.80. The molecule has 0 saturated carbocycles. The molecule has 3 rings (SSSR count). The molecule has 0 aliphatic heterocycles. The Morgan fingerprint density at radius 1 is 1.12 bits per heavy atom. The van der Waals surface area contributed by atoms with E-state index in [1.54, 1.807) is 12.3 Å². The number of hydrogen-bond acceptors (Lipinski definition) is 4. The molecule has 0 aliphatic carbocycles. The van der Waals surface area contributed by atoms with Crippen molar-refractivity contribution in [2.45, 2.75) is 13.5 Å². The first kappa shape index (κ1) is 17.1. The van der Waals surface area contributed by atoms with Crippen molar-refractivity contribution in [2.75, 3.05) is 10.6 Å². The number of carbonyl (C=O) groups excluding carboxylic acids is 1. The summed E-state index contributed by atoms with van der Waals surface area (Å²) in [6.45, 7) is 2.66. The van der Waals surface area contributed by atoms with Crippen molar-refractivity contribution in [3.63, 3.8) is 0 Å². The molecule has 6 heteroatoms. The molecule has 126 valence electrons. The predicted octanol–water partition coefficient (Wildman–Crippen LogP) is 4.41. The highest BCUT2D eigenvalue weighted by molar-refractivity contribution is 9.10. The summed E-state index contributed by atoms with van der Waals surface area (Å²) in [4.78, 5) is 20.8. The zero-order valence-corrected chi connectivity index (χ0v) is 15.2. The van der Waals surface area contributed by atoms with Crippen molar-refractivity contribution in [2.24, 2.45) is 0 Å². The van der Waals surface area contributed by atoms with Crippen LogP contribution in [-0.2, 0) is 6.54 Å². The average molecular weight is 397 g/mol. The van der Waals surface area contributed by atoms with Gasteiger partial charge in [-0.3, -0.25) is 4.79 Å². The monoisotopic (exact) mass is 396 g/mol. The van der Waals surface area contributed by atoms with Gasteiger partial charge in [0.2, 0.25) is 5.95 Å². The summed E-state index contributed by atoms with van der Waals surface area (Å²) in [6, 6.07) is 17.1. The first-order chi connectivity index (χ1) is 12.1. The SMILES string of the molecule is Cc1ccccc1CNc1nccc(C(=O)Nc2cccc(Br)c2)n1. The van der Waals surface area contributed by atoms with Crippen LogP contribution in [0.4, 0.5) is 11.6 Å². The minimum atomic E-state index is -0.278. The molecule has 2 N–H and O–H groups in total. The van der Waals surface area contributed by atoms with Gasteiger partial charge >= 0.3 is 0 Å². The van der Waals surface area contributed by atoms with Crippen LogP contribution in [0.2, 0.25) is 0 Å². The van der Waals surface area contributed by atoms with Gasteiger partial charge in [-0.25, -0.2) is 9.97 Å². The van der Waals surface area contributed by atoms with Crippen molar-refractivity contribution in [1.29, 1.82) is 0 Å². The number of nitrogens with zero attached hydrogens (tertiary/aromatic N) is 2. The fourth-order valence-corrected chi connectivity index (χ4v) is 2.71. The predicted molar refractivity (Wildman–Crippen MR) is 103 cm³/mol. The second-order valence-corrected chi connectivity index (χ2v) is 6.43. The molecular weight excluding hydrogens is 380 g/mol. The zero-order valence-electron chi connectivity index (χ0n) is 13.7. The van der Waals surface area contributed by atoms with Crippen LogP contribution in [0.1, 0.15) is 21.6 Å². The van der Waals surface area contributed by atoms with Crippen molar-refractivity contribution in [1.82, 2.24) is 9.97 Å². The Bertz CT molecular complexity index is 898. The molecular formula is C19H17BrN4O. The molecule has 1 aromatic heterocycles. The van der Waals surface area contributed by atoms with Gasteiger partial charge in [0.05, 0.1) is 0 Å². The summed E-state index contributed by atoms with van der Waals surface area (Å²) in [5.74, 6) is 0.143. The third-order valence-corrected chi connectivity index (χ3v) is 4.16. The van der Waals surface area contributed by atoms with Gasteiger partial charge in [-0.15, -0.1) is 0 Å². The molecule has 0 aliphatic rings. The summed E-state index contributed by atoms with van der Waals surface area (Å²) in [5, 5.41) is 5.98. The molecule has 0 spiro atoms. The fraction of sp³-hybridized carbons (Fsp3) is 0.105. The van der Waals surface area contributed by atoms with Crippen LogP contribution in [0.5, 0.6) is 0 Å². The van der Waals surface area contributed by atoms with Crippen LogP contribution in [0.15, 0.2) is 65.3 Å². The maximum Gasteiger partial charge on any atom is 0.274 e. The lowest BCUT2D eigenvalue weighted by Crippen LogP contribution is -2.15. The molecule has 1 amide bonds. The number of halogens is 1. The van der Waals surface area contributed by atoms with Gasteiger partial charge < -0.3 is 10.6 Å². The highest BCUT2D eigenvalue weighted by atomic mass is 79.9. The van der Waals surface area contributed by atoms with Gasteiger partial charge in [0, 0.05) is 22.9 Å². The van der Waals surface area contributed by atoms with Gasteiger partial charge in [0.25, 0.3) is 5.91 Å². The van der Waals surface area contributed by atoms with E-state index in [-0.39, 0.29) is 5.91 Å². The summed E-state index contributed by atoms with van der Waals surface area (Å²) in [6.07, 6.45) is 1.57. The quantitative estimate of drug-likeness (QED) is 0.669. The van der Waals surface area contributed by atoms with Gasteiger partial charge in [-0.05, 0) is 42.3 Å². The zero-order chi connectivity index (χ0) is 17.6. The molecule has 2 aromatic carbocycles. The second-order valence-electron chi connectivity index (χ2n) is 5.51. The normalized spacial score (nSPS) is 10.3. The van der Waals surface area contributed by atoms with E-state index in [4.69, 9.17) is 0 Å². The number of rotatable bonds is 5. The Labute approximate surface area is 154 Å². The van der Waals surface area contributed by atoms with E-state index in [2.05, 4.69) is 49.5 Å². The summed E-state index contributed by atoms with van der Waals surface area (Å²) in [5.41, 5.74) is 3.36. The molecule has 1 heterocycles. The van der Waals surface area contributed by atoms with E-state index in [1.165, 1.54) is 5.56 Å². The highest BCUT2D eigenvalue weighted by Crippen LogP contribution is 2.16. The number of aryl methyl sites for hydroxylation is 1. The smallest absolute Gasteiger partial charge is 0.274 e. The number of nitrogens with one attached hydrogen (secondary N) is 2. The maximum absolute atomic E-state index is 12.4. The van der Waals surface area contributed by atoms with Crippen molar-refractivity contribution in [3.05, 3.63) is 82.1 Å². The molecule has 0 bridgehead atoms. The van der Waals surface area contributed by atoms with Crippen molar-refractivity contribution < 1.29 is 4.79 Å². The third kappa shape index (κ3) is 4.64. The van der Waals surface area contributed by atoms with E-state index in [1.807, 2.05) is 42.5 Å². The standard InChI is InChI=1S/C19H17BrN4O/c1-13-5-2-3-6-14(13)12-22-19-21-10-9-17(24-19)18(25)23-16-8-4-7-15(20)11-16/h2-11H,12H2,1H3,(H,23,25)(H,21,22,24). The maximum atomic E-state index is 12.4. The van der Waals surface area contributed by atoms with Gasteiger partial charge in [0.15, 0.2) is 0 Å². The lowest BCUT2D eigenvalue weighted by Gasteiger charge is -2.09. The largest absolute Gasteiger partial charge is 0.350 e. The van der Waals surface area contributed by atoms with Crippen molar-refractivity contribution >= 4 is 33.5 Å². The van der Waals surface area contributed by atoms with Crippen LogP contribution >= 0.6 is 15.9 Å². The molecule has 0 atom stereocenters. The highest BCUT2D eigenvalue weighted by Gasteiger charge is 2.09. The molecule has 0 unspecified atom stereocenters. The molecule has 3 aromatic rings. The van der Waals surface area contributed by atoms with Crippen LogP contribution in [-0.4, -0.2) is 15.9 Å². The average Bonchev–Trinajstić information content (AvgIpc) is 2.61. The molecule has 0 radical (unpaired) electrons. The Balaban J connectivity index is 1.68. The number of amides is 1. The van der Waals surface area contributed by atoms with Gasteiger partial charge in [-0.2, -0.15) is 0 Å². The number of carbonyl (C=O) groups is 1. The van der Waals surface area contributed by atoms with E-state index in [0.717, 1.165) is 10.0 Å². The van der Waals surface area contributed by atoms with E-state index >= 15 is 0 Å². The summed E-state index contributed by atoms with van der Waals surface area (Å²) < 4.78 is 0.897. The van der Waals surface area contributed by atoms with Gasteiger partial charge in [-0.1, -0.05) is 46.3 Å². The Morgan fingerprint density at radius 3 is 2.76 bits per heavy atom. The lowest BCUT2D eigenvalue weighted by atomic mass is 10.1. The summed E-state index contributed by atoms with van der Waals surface area (Å²) >= 11 is 3.38. The van der Waals surface area contributed by atoms with Crippen LogP contribution in [0.3, 0.4) is 0 Å². The number of benzene rings is 2. The number of anilines is 2. The van der Waals surface area contributed by atoms with Crippen LogP contribution in [0, 0.1) is 6.92 Å². The topological polar surface area (TPSA) is 66.9 Å². The Morgan fingerprint density at radius 2 is 1.96 bits per heavy atom. The molecule has 0 saturated heterocycles. The molecule has 5 nitrogen and oxygen atoms in total. The first-order valence-corrected chi connectivity index (χ1v) is 8.59. The third-order valence-electron chi connectivity index (χ3n) is 3.67. The Hall–Kier alpha value is -2.73. The van der Waals surface area contributed by atoms with Crippen LogP contribution in [0.25, 0.3) is 0 Å². The van der Waals surface area contributed by atoms with E-state index < -0.39 is 0 Å². The molecule has 25 heavy (non-hydrogen) atoms. The van der Waals surface area contributed by atoms with Crippen LogP contribution < -0.4 is 10.6 Å². The number of hydrogen-bond donors (Lipinski definition) is 2. The molecule has 0 fully saturated rings.